The van der Waals surface area contributed by atoms with E-state index in [1.165, 1.54) is 0 Å². The van der Waals surface area contributed by atoms with E-state index < -0.39 is 0 Å². The van der Waals surface area contributed by atoms with E-state index in [-0.39, 0.29) is 0 Å². The first kappa shape index (κ1) is 13.5. The SMILES string of the molecule is CCCNCc1cc(COCC2CCOC2)on1. The largest absolute Gasteiger partial charge is 0.381 e. The molecule has 0 amide bonds. The van der Waals surface area contributed by atoms with E-state index in [2.05, 4.69) is 17.4 Å². The molecule has 1 saturated heterocycles. The molecule has 1 fully saturated rings. The molecule has 1 atom stereocenters. The van der Waals surface area contributed by atoms with Crippen LogP contribution in [0.1, 0.15) is 31.2 Å². The molecular weight excluding hydrogens is 232 g/mol. The molecule has 0 aromatic carbocycles. The molecule has 0 saturated carbocycles. The van der Waals surface area contributed by atoms with Gasteiger partial charge in [-0.05, 0) is 19.4 Å². The smallest absolute Gasteiger partial charge is 0.162 e. The van der Waals surface area contributed by atoms with Crippen molar-refractivity contribution in [1.29, 1.82) is 0 Å². The van der Waals surface area contributed by atoms with Crippen molar-refractivity contribution in [1.82, 2.24) is 10.5 Å². The lowest BCUT2D eigenvalue weighted by molar-refractivity contribution is 0.0659. The summed E-state index contributed by atoms with van der Waals surface area (Å²) in [7, 11) is 0. The number of hydrogen-bond acceptors (Lipinski definition) is 5. The van der Waals surface area contributed by atoms with Crippen LogP contribution in [0, 0.1) is 5.92 Å². The summed E-state index contributed by atoms with van der Waals surface area (Å²) in [4.78, 5) is 0. The van der Waals surface area contributed by atoms with Gasteiger partial charge < -0.3 is 19.3 Å². The zero-order valence-electron chi connectivity index (χ0n) is 11.0. The molecule has 1 aromatic rings. The van der Waals surface area contributed by atoms with Crippen molar-refractivity contribution < 1.29 is 14.0 Å². The highest BCUT2D eigenvalue weighted by atomic mass is 16.5. The number of rotatable bonds is 8. The Morgan fingerprint density at radius 2 is 2.50 bits per heavy atom. The quantitative estimate of drug-likeness (QED) is 0.716. The Bertz CT molecular complexity index is 335. The number of hydrogen-bond donors (Lipinski definition) is 1. The van der Waals surface area contributed by atoms with E-state index in [9.17, 15) is 0 Å². The van der Waals surface area contributed by atoms with Crippen molar-refractivity contribution >= 4 is 0 Å². The summed E-state index contributed by atoms with van der Waals surface area (Å²) in [6, 6.07) is 1.95. The van der Waals surface area contributed by atoms with Gasteiger partial charge in [-0.15, -0.1) is 0 Å². The van der Waals surface area contributed by atoms with E-state index in [4.69, 9.17) is 14.0 Å². The van der Waals surface area contributed by atoms with Gasteiger partial charge in [0, 0.05) is 25.1 Å². The van der Waals surface area contributed by atoms with Gasteiger partial charge in [0.15, 0.2) is 5.76 Å². The second-order valence-corrected chi connectivity index (χ2v) is 4.71. The van der Waals surface area contributed by atoms with E-state index in [0.29, 0.717) is 12.5 Å². The fourth-order valence-corrected chi connectivity index (χ4v) is 1.94. The molecule has 102 valence electrons. The second kappa shape index (κ2) is 7.51. The minimum atomic E-state index is 0.497. The molecule has 0 spiro atoms. The van der Waals surface area contributed by atoms with E-state index >= 15 is 0 Å². The number of nitrogens with zero attached hydrogens (tertiary/aromatic N) is 1. The van der Waals surface area contributed by atoms with Gasteiger partial charge in [-0.1, -0.05) is 12.1 Å². The maximum absolute atomic E-state index is 5.61. The van der Waals surface area contributed by atoms with Crippen LogP contribution in [0.2, 0.25) is 0 Å². The maximum Gasteiger partial charge on any atom is 0.162 e. The van der Waals surface area contributed by atoms with Gasteiger partial charge >= 0.3 is 0 Å². The summed E-state index contributed by atoms with van der Waals surface area (Å²) < 4.78 is 16.1. The first-order chi connectivity index (χ1) is 8.88. The second-order valence-electron chi connectivity index (χ2n) is 4.71. The van der Waals surface area contributed by atoms with Crippen molar-refractivity contribution in [3.8, 4) is 0 Å². The van der Waals surface area contributed by atoms with Gasteiger partial charge in [0.1, 0.15) is 6.61 Å². The zero-order chi connectivity index (χ0) is 12.6. The third-order valence-electron chi connectivity index (χ3n) is 2.96. The van der Waals surface area contributed by atoms with Crippen molar-refractivity contribution in [2.24, 2.45) is 5.92 Å². The summed E-state index contributed by atoms with van der Waals surface area (Å²) in [5, 5.41) is 7.28. The van der Waals surface area contributed by atoms with E-state index in [0.717, 1.165) is 57.2 Å². The van der Waals surface area contributed by atoms with Crippen LogP contribution in [-0.2, 0) is 22.6 Å². The predicted octanol–water partition coefficient (Wildman–Crippen LogP) is 1.73. The van der Waals surface area contributed by atoms with Gasteiger partial charge in [-0.2, -0.15) is 0 Å². The molecule has 1 aliphatic rings. The van der Waals surface area contributed by atoms with Crippen LogP contribution >= 0.6 is 0 Å². The lowest BCUT2D eigenvalue weighted by Crippen LogP contribution is -2.13. The van der Waals surface area contributed by atoms with Crippen molar-refractivity contribution in [3.63, 3.8) is 0 Å². The standard InChI is InChI=1S/C13H22N2O3/c1-2-4-14-7-12-6-13(18-15-12)10-17-9-11-3-5-16-8-11/h6,11,14H,2-5,7-10H2,1H3. The van der Waals surface area contributed by atoms with Crippen molar-refractivity contribution in [3.05, 3.63) is 17.5 Å². The molecule has 1 N–H and O–H groups in total. The minimum absolute atomic E-state index is 0.497. The summed E-state index contributed by atoms with van der Waals surface area (Å²) in [6.07, 6.45) is 2.22. The number of ether oxygens (including phenoxy) is 2. The molecule has 5 heteroatoms. The summed E-state index contributed by atoms with van der Waals surface area (Å²) in [6.45, 7) is 6.82. The monoisotopic (exact) mass is 254 g/mol. The highest BCUT2D eigenvalue weighted by Gasteiger charge is 2.15. The topological polar surface area (TPSA) is 56.5 Å². The highest BCUT2D eigenvalue weighted by molar-refractivity contribution is 5.04. The molecule has 18 heavy (non-hydrogen) atoms. The molecule has 1 aromatic heterocycles. The molecule has 0 bridgehead atoms. The Balaban J connectivity index is 1.63. The average Bonchev–Trinajstić information content (AvgIpc) is 3.01. The average molecular weight is 254 g/mol. The first-order valence-electron chi connectivity index (χ1n) is 6.69. The fourth-order valence-electron chi connectivity index (χ4n) is 1.94. The number of nitrogens with one attached hydrogen (secondary N) is 1. The Hall–Kier alpha value is -0.910. The Morgan fingerprint density at radius 1 is 1.56 bits per heavy atom. The van der Waals surface area contributed by atoms with Crippen LogP contribution in [0.25, 0.3) is 0 Å². The fraction of sp³-hybridized carbons (Fsp3) is 0.769. The summed E-state index contributed by atoms with van der Waals surface area (Å²) in [5.41, 5.74) is 0.936. The third-order valence-corrected chi connectivity index (χ3v) is 2.96. The summed E-state index contributed by atoms with van der Waals surface area (Å²) in [5.74, 6) is 1.33. The van der Waals surface area contributed by atoms with E-state index in [1.807, 2.05) is 6.07 Å². The molecule has 2 heterocycles. The molecule has 5 nitrogen and oxygen atoms in total. The van der Waals surface area contributed by atoms with Crippen LogP contribution in [0.5, 0.6) is 0 Å². The van der Waals surface area contributed by atoms with Crippen LogP contribution in [0.15, 0.2) is 10.6 Å². The van der Waals surface area contributed by atoms with Gasteiger partial charge in [-0.3, -0.25) is 0 Å². The van der Waals surface area contributed by atoms with Crippen molar-refractivity contribution in [2.45, 2.75) is 32.9 Å². The van der Waals surface area contributed by atoms with E-state index in [1.54, 1.807) is 0 Å². The van der Waals surface area contributed by atoms with Gasteiger partial charge in [-0.25, -0.2) is 0 Å². The van der Waals surface area contributed by atoms with Crippen LogP contribution < -0.4 is 5.32 Å². The van der Waals surface area contributed by atoms with Gasteiger partial charge in [0.25, 0.3) is 0 Å². The lowest BCUT2D eigenvalue weighted by atomic mass is 10.1. The Morgan fingerprint density at radius 3 is 3.28 bits per heavy atom. The minimum Gasteiger partial charge on any atom is -0.381 e. The molecule has 2 rings (SSSR count). The molecule has 0 radical (unpaired) electrons. The normalized spacial score (nSPS) is 19.5. The van der Waals surface area contributed by atoms with Crippen molar-refractivity contribution in [2.75, 3.05) is 26.4 Å². The first-order valence-corrected chi connectivity index (χ1v) is 6.69. The number of aromatic nitrogens is 1. The highest BCUT2D eigenvalue weighted by Crippen LogP contribution is 2.13. The molecular formula is C13H22N2O3. The van der Waals surface area contributed by atoms with Gasteiger partial charge in [0.2, 0.25) is 0 Å². The van der Waals surface area contributed by atoms with Gasteiger partial charge in [0.05, 0.1) is 18.9 Å². The van der Waals surface area contributed by atoms with Crippen LogP contribution in [0.3, 0.4) is 0 Å². The predicted molar refractivity (Wildman–Crippen MR) is 67.1 cm³/mol. The zero-order valence-corrected chi connectivity index (χ0v) is 11.0. The Kier molecular flexibility index (Phi) is 5.64. The summed E-state index contributed by atoms with van der Waals surface area (Å²) >= 11 is 0. The molecule has 0 aliphatic carbocycles. The lowest BCUT2D eigenvalue weighted by Gasteiger charge is -2.06. The maximum atomic E-state index is 5.61. The molecule has 1 aliphatic heterocycles. The van der Waals surface area contributed by atoms with Crippen LogP contribution in [-0.4, -0.2) is 31.5 Å². The Labute approximate surface area is 108 Å². The molecule has 1 unspecified atom stereocenters. The van der Waals surface area contributed by atoms with Crippen LogP contribution in [0.4, 0.5) is 0 Å². The third kappa shape index (κ3) is 4.40.